The number of aromatic nitrogens is 3. The molecule has 0 aliphatic carbocycles. The van der Waals surface area contributed by atoms with Gasteiger partial charge >= 0.3 is 0 Å². The first-order valence-corrected chi connectivity index (χ1v) is 11.0. The Labute approximate surface area is 190 Å². The minimum Gasteiger partial charge on any atom is -0.497 e. The van der Waals surface area contributed by atoms with Crippen molar-refractivity contribution < 1.29 is 18.7 Å². The van der Waals surface area contributed by atoms with E-state index in [0.717, 1.165) is 22.7 Å². The van der Waals surface area contributed by atoms with Gasteiger partial charge in [-0.1, -0.05) is 36.0 Å². The van der Waals surface area contributed by atoms with Crippen molar-refractivity contribution in [3.63, 3.8) is 0 Å². The Morgan fingerprint density at radius 2 is 1.91 bits per heavy atom. The van der Waals surface area contributed by atoms with E-state index in [1.54, 1.807) is 31.6 Å². The molecule has 2 heterocycles. The molecule has 0 unspecified atom stereocenters. The fourth-order valence-corrected chi connectivity index (χ4v) is 4.18. The molecule has 0 aliphatic rings. The molecule has 7 nitrogen and oxygen atoms in total. The van der Waals surface area contributed by atoms with E-state index in [1.807, 2.05) is 47.9 Å². The van der Waals surface area contributed by atoms with Crippen LogP contribution in [-0.2, 0) is 6.54 Å². The molecule has 0 radical (unpaired) electrons. The van der Waals surface area contributed by atoms with E-state index in [4.69, 9.17) is 13.9 Å². The molecule has 0 amide bonds. The van der Waals surface area contributed by atoms with Gasteiger partial charge in [-0.3, -0.25) is 9.36 Å². The average Bonchev–Trinajstić information content (AvgIpc) is 3.48. The largest absolute Gasteiger partial charge is 0.497 e. The number of ketones is 1. The summed E-state index contributed by atoms with van der Waals surface area (Å²) in [5.41, 5.74) is 2.58. The second-order valence-electron chi connectivity index (χ2n) is 7.06. The number of thioether (sulfide) groups is 1. The number of furan rings is 1. The summed E-state index contributed by atoms with van der Waals surface area (Å²) in [4.78, 5) is 12.9. The van der Waals surface area contributed by atoms with Gasteiger partial charge in [0.05, 0.1) is 38.3 Å². The van der Waals surface area contributed by atoms with Crippen molar-refractivity contribution in [2.45, 2.75) is 18.6 Å². The average molecular weight is 450 g/mol. The van der Waals surface area contributed by atoms with Gasteiger partial charge in [0, 0.05) is 11.6 Å². The molecule has 4 aromatic rings. The molecule has 0 fully saturated rings. The molecule has 164 valence electrons. The van der Waals surface area contributed by atoms with Crippen molar-refractivity contribution in [2.24, 2.45) is 0 Å². The molecule has 0 saturated carbocycles. The van der Waals surface area contributed by atoms with E-state index in [0.29, 0.717) is 28.8 Å². The minimum absolute atomic E-state index is 0.0699. The minimum atomic E-state index is -0.0699. The number of hydrogen-bond donors (Lipinski definition) is 0. The number of rotatable bonds is 9. The molecule has 32 heavy (non-hydrogen) atoms. The molecule has 0 N–H and O–H groups in total. The molecule has 0 bridgehead atoms. The second-order valence-corrected chi connectivity index (χ2v) is 8.01. The number of aryl methyl sites for hydroxylation is 1. The van der Waals surface area contributed by atoms with E-state index < -0.39 is 0 Å². The lowest BCUT2D eigenvalue weighted by molar-refractivity contribution is 0.101. The highest BCUT2D eigenvalue weighted by atomic mass is 32.2. The predicted octanol–water partition coefficient (Wildman–Crippen LogP) is 4.89. The van der Waals surface area contributed by atoms with Crippen LogP contribution in [0.4, 0.5) is 0 Å². The SMILES string of the molecule is COc1ccc(C(=O)CSc2nnc(-c3ccccc3C)n2Cc2ccco2)c(OC)c1. The maximum atomic E-state index is 12.9. The number of ether oxygens (including phenoxy) is 2. The van der Waals surface area contributed by atoms with E-state index in [2.05, 4.69) is 10.2 Å². The van der Waals surface area contributed by atoms with E-state index in [1.165, 1.54) is 18.9 Å². The molecular formula is C24H23N3O4S. The zero-order valence-electron chi connectivity index (χ0n) is 18.1. The van der Waals surface area contributed by atoms with Crippen molar-refractivity contribution in [2.75, 3.05) is 20.0 Å². The highest BCUT2D eigenvalue weighted by Crippen LogP contribution is 2.30. The molecule has 2 aromatic carbocycles. The van der Waals surface area contributed by atoms with Crippen molar-refractivity contribution in [3.05, 3.63) is 77.7 Å². The van der Waals surface area contributed by atoms with Crippen molar-refractivity contribution in [3.8, 4) is 22.9 Å². The Bertz CT molecular complexity index is 1220. The molecule has 8 heteroatoms. The number of carbonyl (C=O) groups excluding carboxylic acids is 1. The third kappa shape index (κ3) is 4.55. The Morgan fingerprint density at radius 3 is 2.62 bits per heavy atom. The normalized spacial score (nSPS) is 10.8. The number of nitrogens with zero attached hydrogens (tertiary/aromatic N) is 3. The van der Waals surface area contributed by atoms with Crippen LogP contribution in [0.2, 0.25) is 0 Å². The van der Waals surface area contributed by atoms with Crippen molar-refractivity contribution >= 4 is 17.5 Å². The Balaban J connectivity index is 1.61. The van der Waals surface area contributed by atoms with Crippen molar-refractivity contribution in [1.29, 1.82) is 0 Å². The summed E-state index contributed by atoms with van der Waals surface area (Å²) in [6.45, 7) is 2.50. The number of methoxy groups -OCH3 is 2. The zero-order valence-corrected chi connectivity index (χ0v) is 18.9. The Kier molecular flexibility index (Phi) is 6.61. The van der Waals surface area contributed by atoms with Gasteiger partial charge in [0.15, 0.2) is 16.8 Å². The summed E-state index contributed by atoms with van der Waals surface area (Å²) >= 11 is 1.33. The lowest BCUT2D eigenvalue weighted by Crippen LogP contribution is -2.08. The predicted molar refractivity (Wildman–Crippen MR) is 123 cm³/mol. The highest BCUT2D eigenvalue weighted by Gasteiger charge is 2.20. The number of hydrogen-bond acceptors (Lipinski definition) is 7. The summed E-state index contributed by atoms with van der Waals surface area (Å²) < 4.78 is 18.1. The maximum Gasteiger partial charge on any atom is 0.192 e. The summed E-state index contributed by atoms with van der Waals surface area (Å²) in [5.74, 6) is 2.74. The number of carbonyl (C=O) groups is 1. The summed E-state index contributed by atoms with van der Waals surface area (Å²) in [6, 6.07) is 16.9. The number of benzene rings is 2. The topological polar surface area (TPSA) is 79.4 Å². The van der Waals surface area contributed by atoms with Crippen LogP contribution in [0.5, 0.6) is 11.5 Å². The van der Waals surface area contributed by atoms with Gasteiger partial charge in [0.2, 0.25) is 0 Å². The lowest BCUT2D eigenvalue weighted by Gasteiger charge is -2.11. The van der Waals surface area contributed by atoms with E-state index in [-0.39, 0.29) is 11.5 Å². The van der Waals surface area contributed by atoms with Gasteiger partial charge in [-0.25, -0.2) is 0 Å². The monoisotopic (exact) mass is 449 g/mol. The molecule has 0 saturated heterocycles. The van der Waals surface area contributed by atoms with Crippen LogP contribution < -0.4 is 9.47 Å². The molecule has 4 rings (SSSR count). The first kappa shape index (κ1) is 21.7. The van der Waals surface area contributed by atoms with Crippen LogP contribution in [0.1, 0.15) is 21.7 Å². The molecule has 2 aromatic heterocycles. The van der Waals surface area contributed by atoms with Gasteiger partial charge in [-0.2, -0.15) is 0 Å². The first-order chi connectivity index (χ1) is 15.6. The van der Waals surface area contributed by atoms with Crippen LogP contribution in [0, 0.1) is 6.92 Å². The van der Waals surface area contributed by atoms with Gasteiger partial charge in [-0.05, 0) is 36.8 Å². The fraction of sp³-hybridized carbons (Fsp3) is 0.208. The van der Waals surface area contributed by atoms with Crippen LogP contribution >= 0.6 is 11.8 Å². The summed E-state index contributed by atoms with van der Waals surface area (Å²) in [6.07, 6.45) is 1.64. The quantitative estimate of drug-likeness (QED) is 0.266. The van der Waals surface area contributed by atoms with Crippen LogP contribution in [0.25, 0.3) is 11.4 Å². The van der Waals surface area contributed by atoms with Gasteiger partial charge < -0.3 is 13.9 Å². The molecular weight excluding hydrogens is 426 g/mol. The Hall–Kier alpha value is -3.52. The molecule has 0 aliphatic heterocycles. The molecule has 0 spiro atoms. The van der Waals surface area contributed by atoms with Crippen LogP contribution in [0.15, 0.2) is 70.4 Å². The maximum absolute atomic E-state index is 12.9. The smallest absolute Gasteiger partial charge is 0.192 e. The summed E-state index contributed by atoms with van der Waals surface area (Å²) in [5, 5.41) is 9.45. The van der Waals surface area contributed by atoms with Crippen LogP contribution in [-0.4, -0.2) is 40.5 Å². The van der Waals surface area contributed by atoms with E-state index in [9.17, 15) is 4.79 Å². The van der Waals surface area contributed by atoms with Crippen LogP contribution in [0.3, 0.4) is 0 Å². The van der Waals surface area contributed by atoms with Gasteiger partial charge in [0.1, 0.15) is 17.3 Å². The van der Waals surface area contributed by atoms with Gasteiger partial charge in [-0.15, -0.1) is 10.2 Å². The Morgan fingerprint density at radius 1 is 1.06 bits per heavy atom. The second kappa shape index (κ2) is 9.74. The van der Waals surface area contributed by atoms with Gasteiger partial charge in [0.25, 0.3) is 0 Å². The third-order valence-corrected chi connectivity index (χ3v) is 6.01. The summed E-state index contributed by atoms with van der Waals surface area (Å²) in [7, 11) is 3.11. The third-order valence-electron chi connectivity index (χ3n) is 5.04. The lowest BCUT2D eigenvalue weighted by atomic mass is 10.1. The first-order valence-electron chi connectivity index (χ1n) is 10.00. The standard InChI is InChI=1S/C24H23N3O4S/c1-16-7-4-5-9-19(16)23-25-26-24(27(23)14-18-8-6-12-31-18)32-15-21(28)20-11-10-17(29-2)13-22(20)30-3/h4-13H,14-15H2,1-3H3. The molecule has 0 atom stereocenters. The zero-order chi connectivity index (χ0) is 22.5. The highest BCUT2D eigenvalue weighted by molar-refractivity contribution is 7.99. The van der Waals surface area contributed by atoms with E-state index >= 15 is 0 Å². The number of Topliss-reactive ketones (excluding diaryl/α,β-unsaturated/α-hetero) is 1. The van der Waals surface area contributed by atoms with Crippen molar-refractivity contribution in [1.82, 2.24) is 14.8 Å². The fourth-order valence-electron chi connectivity index (χ4n) is 3.36.